The normalized spacial score (nSPS) is 43.2. The van der Waals surface area contributed by atoms with E-state index in [1.54, 1.807) is 0 Å². The number of nitrogens with zero attached hydrogens (tertiary/aromatic N) is 4. The van der Waals surface area contributed by atoms with Gasteiger partial charge < -0.3 is 9.80 Å². The second kappa shape index (κ2) is 10.9. The Bertz CT molecular complexity index is 1460. The first-order valence-electron chi connectivity index (χ1n) is 19.7. The third kappa shape index (κ3) is 4.49. The molecule has 2 saturated heterocycles. The molecule has 2 amide bonds. The van der Waals surface area contributed by atoms with Crippen LogP contribution in [0.3, 0.4) is 0 Å². The Morgan fingerprint density at radius 2 is 0.771 bits per heavy atom. The van der Waals surface area contributed by atoms with Gasteiger partial charge in [-0.1, -0.05) is 48.5 Å². The lowest BCUT2D eigenvalue weighted by Gasteiger charge is -2.56. The van der Waals surface area contributed by atoms with Gasteiger partial charge in [0, 0.05) is 25.2 Å². The fourth-order valence-electron chi connectivity index (χ4n) is 14.1. The highest BCUT2D eigenvalue weighted by molar-refractivity contribution is 5.85. The predicted molar refractivity (Wildman–Crippen MR) is 184 cm³/mol. The van der Waals surface area contributed by atoms with Crippen molar-refractivity contribution in [3.05, 3.63) is 70.8 Å². The molecule has 14 rings (SSSR count). The van der Waals surface area contributed by atoms with Gasteiger partial charge in [0.15, 0.2) is 0 Å². The Morgan fingerprint density at radius 3 is 1.12 bits per heavy atom. The van der Waals surface area contributed by atoms with Crippen LogP contribution in [0.25, 0.3) is 0 Å². The van der Waals surface area contributed by atoms with Crippen molar-refractivity contribution in [2.75, 3.05) is 13.3 Å². The number of hydrogen-bond acceptors (Lipinski definition) is 4. The van der Waals surface area contributed by atoms with Crippen molar-refractivity contribution in [2.45, 2.75) is 114 Å². The average molecular weight is 645 g/mol. The molecule has 0 unspecified atom stereocenters. The zero-order chi connectivity index (χ0) is 31.7. The molecule has 0 spiro atoms. The zero-order valence-corrected chi connectivity index (χ0v) is 28.5. The molecule has 0 aromatic heterocycles. The molecule has 0 N–H and O–H groups in total. The predicted octanol–water partition coefficient (Wildman–Crippen LogP) is 6.08. The van der Waals surface area contributed by atoms with Crippen molar-refractivity contribution in [3.8, 4) is 0 Å². The van der Waals surface area contributed by atoms with Gasteiger partial charge in [0.2, 0.25) is 11.8 Å². The molecule has 252 valence electrons. The smallest absolute Gasteiger partial charge is 0.241 e. The molecule has 8 aliphatic carbocycles. The van der Waals surface area contributed by atoms with Gasteiger partial charge in [0.1, 0.15) is 0 Å². The average Bonchev–Trinajstić information content (AvgIpc) is 3.56. The van der Waals surface area contributed by atoms with Gasteiger partial charge in [-0.2, -0.15) is 0 Å². The van der Waals surface area contributed by atoms with Crippen LogP contribution in [0.15, 0.2) is 48.5 Å². The van der Waals surface area contributed by atoms with Crippen molar-refractivity contribution in [3.63, 3.8) is 0 Å². The van der Waals surface area contributed by atoms with Gasteiger partial charge in [0.25, 0.3) is 0 Å². The maximum atomic E-state index is 13.3. The van der Waals surface area contributed by atoms with Crippen LogP contribution in [-0.4, -0.2) is 68.9 Å². The van der Waals surface area contributed by atoms with Crippen molar-refractivity contribution in [1.29, 1.82) is 0 Å². The first-order chi connectivity index (χ1) is 23.5. The summed E-state index contributed by atoms with van der Waals surface area (Å²) < 4.78 is 0. The summed E-state index contributed by atoms with van der Waals surface area (Å²) in [4.78, 5) is 36.0. The molecule has 12 aliphatic rings. The number of rotatable bonds is 2. The second-order valence-corrected chi connectivity index (χ2v) is 18.2. The number of hydrogen-bond donors (Lipinski definition) is 0. The third-order valence-electron chi connectivity index (χ3n) is 15.6. The van der Waals surface area contributed by atoms with Crippen molar-refractivity contribution in [2.24, 2.45) is 47.3 Å². The molecule has 4 aliphatic heterocycles. The lowest BCUT2D eigenvalue weighted by molar-refractivity contribution is -0.140. The molecule has 8 bridgehead atoms. The van der Waals surface area contributed by atoms with E-state index in [0.717, 1.165) is 86.6 Å². The van der Waals surface area contributed by atoms with Crippen LogP contribution in [0.4, 0.5) is 0 Å². The van der Waals surface area contributed by atoms with Crippen molar-refractivity contribution >= 4 is 11.8 Å². The molecule has 6 nitrogen and oxygen atoms in total. The summed E-state index contributed by atoms with van der Waals surface area (Å²) in [5.41, 5.74) is 5.63. The number of carbonyl (C=O) groups is 2. The highest BCUT2D eigenvalue weighted by Gasteiger charge is 2.56. The largest absolute Gasteiger partial charge is 0.325 e. The van der Waals surface area contributed by atoms with E-state index in [4.69, 9.17) is 0 Å². The Labute approximate surface area is 286 Å². The maximum absolute atomic E-state index is 13.3. The first-order valence-corrected chi connectivity index (χ1v) is 19.7. The standard InChI is InChI=1S/2C21H26N2O/c2*24-21-19-10-15-3-1-2-4-16(15)11-22(19)12-23(21)20-17-6-13-5-14(8-17)9-18(20)7-13/h2*1-4,13-14,17-20H,5-12H2/t2*13?,14?,17?,18?,19-,20?/m10/s1. The van der Waals surface area contributed by atoms with Gasteiger partial charge in [-0.25, -0.2) is 0 Å². The van der Waals surface area contributed by atoms with Crippen LogP contribution < -0.4 is 0 Å². The molecule has 48 heavy (non-hydrogen) atoms. The van der Waals surface area contributed by atoms with Crippen LogP contribution >= 0.6 is 0 Å². The summed E-state index contributed by atoms with van der Waals surface area (Å²) in [6.45, 7) is 3.67. The fraction of sp³-hybridized carbons (Fsp3) is 0.667. The number of benzene rings is 2. The molecule has 2 aromatic carbocycles. The number of fused-ring (bicyclic) bond motifs is 4. The van der Waals surface area contributed by atoms with Gasteiger partial charge in [0.05, 0.1) is 25.4 Å². The molecule has 0 radical (unpaired) electrons. The van der Waals surface area contributed by atoms with E-state index >= 15 is 0 Å². The van der Waals surface area contributed by atoms with Crippen LogP contribution in [0.2, 0.25) is 0 Å². The van der Waals surface area contributed by atoms with Crippen LogP contribution in [0.5, 0.6) is 0 Å². The molecule has 8 saturated carbocycles. The Morgan fingerprint density at radius 1 is 0.438 bits per heavy atom. The van der Waals surface area contributed by atoms with E-state index in [1.165, 1.54) is 86.5 Å². The summed E-state index contributed by atoms with van der Waals surface area (Å²) in [5.74, 6) is 7.98. The van der Waals surface area contributed by atoms with E-state index in [0.29, 0.717) is 23.9 Å². The molecule has 2 atom stereocenters. The SMILES string of the molecule is O=C1[C@@H]2Cc3ccccc3CN2CN1C1C2CC3CC(C2)CC1C3.O=C1[C@H]2Cc3ccccc3CN2CN1C1C2CC3CC(C2)CC1C3. The number of amides is 2. The van der Waals surface area contributed by atoms with Crippen LogP contribution in [-0.2, 0) is 35.5 Å². The van der Waals surface area contributed by atoms with E-state index in [2.05, 4.69) is 68.1 Å². The van der Waals surface area contributed by atoms with Gasteiger partial charge in [-0.15, -0.1) is 0 Å². The minimum absolute atomic E-state index is 0.108. The molecule has 4 heterocycles. The lowest BCUT2D eigenvalue weighted by Crippen LogP contribution is -2.56. The van der Waals surface area contributed by atoms with E-state index < -0.39 is 0 Å². The summed E-state index contributed by atoms with van der Waals surface area (Å²) >= 11 is 0. The van der Waals surface area contributed by atoms with Crippen LogP contribution in [0, 0.1) is 47.3 Å². The van der Waals surface area contributed by atoms with E-state index in [9.17, 15) is 9.59 Å². The second-order valence-electron chi connectivity index (χ2n) is 18.2. The molecule has 10 fully saturated rings. The van der Waals surface area contributed by atoms with Gasteiger partial charge in [-0.05, 0) is 147 Å². The topological polar surface area (TPSA) is 47.1 Å². The summed E-state index contributed by atoms with van der Waals surface area (Å²) in [7, 11) is 0. The summed E-state index contributed by atoms with van der Waals surface area (Å²) in [5, 5.41) is 0. The highest BCUT2D eigenvalue weighted by Crippen LogP contribution is 2.57. The monoisotopic (exact) mass is 644 g/mol. The summed E-state index contributed by atoms with van der Waals surface area (Å²) in [6, 6.07) is 18.7. The molecular formula is C42H52N4O2. The van der Waals surface area contributed by atoms with Crippen molar-refractivity contribution < 1.29 is 9.59 Å². The maximum Gasteiger partial charge on any atom is 0.241 e. The van der Waals surface area contributed by atoms with E-state index in [1.807, 2.05) is 0 Å². The Balaban J connectivity index is 0.000000117. The van der Waals surface area contributed by atoms with Gasteiger partial charge >= 0.3 is 0 Å². The van der Waals surface area contributed by atoms with E-state index in [-0.39, 0.29) is 12.1 Å². The minimum atomic E-state index is 0.108. The Hall–Kier alpha value is -2.70. The number of carbonyl (C=O) groups excluding carboxylic acids is 2. The third-order valence-corrected chi connectivity index (χ3v) is 15.6. The van der Waals surface area contributed by atoms with Crippen LogP contribution in [0.1, 0.15) is 86.5 Å². The zero-order valence-electron chi connectivity index (χ0n) is 28.5. The fourth-order valence-corrected chi connectivity index (χ4v) is 14.1. The first kappa shape index (κ1) is 29.1. The molecular weight excluding hydrogens is 592 g/mol. The Kier molecular flexibility index (Phi) is 6.60. The molecule has 2 aromatic rings. The van der Waals surface area contributed by atoms with Gasteiger partial charge in [-0.3, -0.25) is 19.4 Å². The lowest BCUT2D eigenvalue weighted by atomic mass is 9.54. The summed E-state index contributed by atoms with van der Waals surface area (Å²) in [6.07, 6.45) is 16.0. The molecule has 6 heteroatoms. The highest BCUT2D eigenvalue weighted by atomic mass is 16.2. The quantitative estimate of drug-likeness (QED) is 0.398. The minimum Gasteiger partial charge on any atom is -0.325 e. The van der Waals surface area contributed by atoms with Crippen molar-refractivity contribution in [1.82, 2.24) is 19.6 Å².